The van der Waals surface area contributed by atoms with Gasteiger partial charge in [0.05, 0.1) is 0 Å². The second-order valence-corrected chi connectivity index (χ2v) is 7.22. The van der Waals surface area contributed by atoms with Crippen LogP contribution in [-0.2, 0) is 0 Å². The molecule has 22 heavy (non-hydrogen) atoms. The molecule has 1 heterocycles. The van der Waals surface area contributed by atoms with E-state index in [-0.39, 0.29) is 5.91 Å². The molecule has 0 radical (unpaired) electrons. The fourth-order valence-corrected chi connectivity index (χ4v) is 2.68. The van der Waals surface area contributed by atoms with Crippen molar-refractivity contribution >= 4 is 23.2 Å². The molecular weight excluding hydrogens is 300 g/mol. The highest BCUT2D eigenvalue weighted by Crippen LogP contribution is 2.41. The van der Waals surface area contributed by atoms with Gasteiger partial charge in [0.2, 0.25) is 0 Å². The largest absolute Gasteiger partial charge is 0.368 e. The van der Waals surface area contributed by atoms with Crippen LogP contribution in [0.15, 0.2) is 29.4 Å². The van der Waals surface area contributed by atoms with E-state index in [1.54, 1.807) is 24.3 Å². The molecule has 1 aliphatic heterocycles. The van der Waals surface area contributed by atoms with Crippen molar-refractivity contribution in [2.45, 2.75) is 52.7 Å². The Morgan fingerprint density at radius 2 is 1.95 bits per heavy atom. The second kappa shape index (κ2) is 6.01. The predicted octanol–water partition coefficient (Wildman–Crippen LogP) is 4.08. The lowest BCUT2D eigenvalue weighted by atomic mass is 9.79. The van der Waals surface area contributed by atoms with Gasteiger partial charge >= 0.3 is 0 Å². The molecule has 2 rings (SSSR count). The van der Waals surface area contributed by atoms with Crippen molar-refractivity contribution in [3.8, 4) is 0 Å². The van der Waals surface area contributed by atoms with Crippen molar-refractivity contribution in [1.82, 2.24) is 5.01 Å². The van der Waals surface area contributed by atoms with E-state index in [2.05, 4.69) is 12.0 Å². The molecule has 0 bridgehead atoms. The molecule has 0 aromatic heterocycles. The van der Waals surface area contributed by atoms with Crippen LogP contribution in [0.3, 0.4) is 0 Å². The number of carbonyl (C=O) groups excluding carboxylic acids is 1. The van der Waals surface area contributed by atoms with Gasteiger partial charge in [-0.25, -0.2) is 0 Å². The highest BCUT2D eigenvalue weighted by molar-refractivity contribution is 6.30. The highest BCUT2D eigenvalue weighted by atomic mass is 35.5. The van der Waals surface area contributed by atoms with E-state index >= 15 is 0 Å². The van der Waals surface area contributed by atoms with Crippen molar-refractivity contribution in [2.24, 2.45) is 10.5 Å². The van der Waals surface area contributed by atoms with Gasteiger partial charge in [0.15, 0.2) is 5.72 Å². The van der Waals surface area contributed by atoms with Crippen LogP contribution in [0.1, 0.15) is 57.3 Å². The Hall–Kier alpha value is -1.39. The molecule has 120 valence electrons. The normalized spacial score (nSPS) is 21.9. The molecule has 1 amide bonds. The summed E-state index contributed by atoms with van der Waals surface area (Å²) in [6.45, 7) is 7.81. The Kier molecular flexibility index (Phi) is 4.64. The number of aliphatic hydroxyl groups is 1. The fourth-order valence-electron chi connectivity index (χ4n) is 2.56. The molecule has 1 atom stereocenters. The smallest absolute Gasteiger partial charge is 0.276 e. The van der Waals surface area contributed by atoms with E-state index in [1.807, 2.05) is 20.8 Å². The van der Waals surface area contributed by atoms with Gasteiger partial charge in [-0.1, -0.05) is 45.7 Å². The third-order valence-electron chi connectivity index (χ3n) is 4.07. The average molecular weight is 323 g/mol. The summed E-state index contributed by atoms with van der Waals surface area (Å²) in [5.74, 6) is -0.305. The molecule has 1 aliphatic rings. The lowest BCUT2D eigenvalue weighted by molar-refractivity contribution is -0.143. The first kappa shape index (κ1) is 17.0. The monoisotopic (exact) mass is 322 g/mol. The summed E-state index contributed by atoms with van der Waals surface area (Å²) in [5, 5.41) is 17.4. The lowest BCUT2D eigenvalue weighted by Gasteiger charge is -2.41. The zero-order chi connectivity index (χ0) is 16.5. The summed E-state index contributed by atoms with van der Waals surface area (Å²) in [6, 6.07) is 6.64. The summed E-state index contributed by atoms with van der Waals surface area (Å²) in [5.41, 5.74) is -0.488. The predicted molar refractivity (Wildman–Crippen MR) is 89.0 cm³/mol. The Morgan fingerprint density at radius 3 is 2.45 bits per heavy atom. The van der Waals surface area contributed by atoms with Crippen LogP contribution in [0.25, 0.3) is 0 Å². The Bertz CT molecular complexity index is 590. The van der Waals surface area contributed by atoms with Crippen LogP contribution in [0.4, 0.5) is 0 Å². The zero-order valence-electron chi connectivity index (χ0n) is 13.6. The molecular formula is C17H23ClN2O2. The third kappa shape index (κ3) is 3.03. The summed E-state index contributed by atoms with van der Waals surface area (Å²) < 4.78 is 0. The standard InChI is InChI=1S/C17H23ClN2O2/c1-5-6-14-11-17(22,16(2,3)4)20(19-14)15(21)12-7-9-13(18)10-8-12/h7-10,22H,5-6,11H2,1-4H3/t17-/m0/s1. The number of hydrogen-bond acceptors (Lipinski definition) is 3. The summed E-state index contributed by atoms with van der Waals surface area (Å²) >= 11 is 5.87. The lowest BCUT2D eigenvalue weighted by Crippen LogP contribution is -2.55. The number of hydrazone groups is 1. The number of hydrogen-bond donors (Lipinski definition) is 1. The topological polar surface area (TPSA) is 52.9 Å². The minimum absolute atomic E-state index is 0.305. The molecule has 1 aromatic rings. The minimum atomic E-state index is -1.31. The van der Waals surface area contributed by atoms with Crippen molar-refractivity contribution in [3.05, 3.63) is 34.9 Å². The van der Waals surface area contributed by atoms with Crippen molar-refractivity contribution < 1.29 is 9.90 Å². The van der Waals surface area contributed by atoms with E-state index in [0.29, 0.717) is 17.0 Å². The molecule has 0 unspecified atom stereocenters. The van der Waals surface area contributed by atoms with Crippen molar-refractivity contribution in [3.63, 3.8) is 0 Å². The summed E-state index contributed by atoms with van der Waals surface area (Å²) in [4.78, 5) is 12.8. The molecule has 1 N–H and O–H groups in total. The van der Waals surface area contributed by atoms with Crippen LogP contribution < -0.4 is 0 Å². The number of nitrogens with zero attached hydrogens (tertiary/aromatic N) is 2. The maximum Gasteiger partial charge on any atom is 0.276 e. The SMILES string of the molecule is CCCC1=NN(C(=O)c2ccc(Cl)cc2)[C@@](O)(C(C)(C)C)C1. The number of halogens is 1. The van der Waals surface area contributed by atoms with Crippen LogP contribution in [0.2, 0.25) is 5.02 Å². The Morgan fingerprint density at radius 1 is 1.36 bits per heavy atom. The number of amides is 1. The van der Waals surface area contributed by atoms with Gasteiger partial charge in [0, 0.05) is 28.1 Å². The zero-order valence-corrected chi connectivity index (χ0v) is 14.3. The average Bonchev–Trinajstić information content (AvgIpc) is 2.77. The maximum atomic E-state index is 12.8. The molecule has 0 saturated heterocycles. The van der Waals surface area contributed by atoms with Crippen molar-refractivity contribution in [2.75, 3.05) is 0 Å². The van der Waals surface area contributed by atoms with Gasteiger partial charge in [0.25, 0.3) is 5.91 Å². The summed E-state index contributed by atoms with van der Waals surface area (Å²) in [7, 11) is 0. The fraction of sp³-hybridized carbons (Fsp3) is 0.529. The molecule has 0 saturated carbocycles. The van der Waals surface area contributed by atoms with E-state index in [4.69, 9.17) is 11.6 Å². The van der Waals surface area contributed by atoms with Gasteiger partial charge in [-0.15, -0.1) is 0 Å². The first-order valence-corrected chi connectivity index (χ1v) is 7.95. The quantitative estimate of drug-likeness (QED) is 0.911. The van der Waals surface area contributed by atoms with Crippen LogP contribution in [0.5, 0.6) is 0 Å². The van der Waals surface area contributed by atoms with Gasteiger partial charge in [-0.2, -0.15) is 10.1 Å². The highest BCUT2D eigenvalue weighted by Gasteiger charge is 2.52. The number of carbonyl (C=O) groups is 1. The van der Waals surface area contributed by atoms with E-state index in [0.717, 1.165) is 18.6 Å². The van der Waals surface area contributed by atoms with E-state index in [1.165, 1.54) is 5.01 Å². The molecule has 4 nitrogen and oxygen atoms in total. The van der Waals surface area contributed by atoms with Gasteiger partial charge in [-0.05, 0) is 30.7 Å². The van der Waals surface area contributed by atoms with Crippen LogP contribution >= 0.6 is 11.6 Å². The number of rotatable bonds is 3. The Labute approximate surface area is 136 Å². The third-order valence-corrected chi connectivity index (χ3v) is 4.32. The van der Waals surface area contributed by atoms with Gasteiger partial charge in [-0.3, -0.25) is 4.79 Å². The minimum Gasteiger partial charge on any atom is -0.368 e. The van der Waals surface area contributed by atoms with E-state index in [9.17, 15) is 9.90 Å². The molecule has 0 fully saturated rings. The molecule has 0 aliphatic carbocycles. The molecule has 5 heteroatoms. The van der Waals surface area contributed by atoms with E-state index < -0.39 is 11.1 Å². The van der Waals surface area contributed by atoms with Crippen LogP contribution in [0, 0.1) is 5.41 Å². The number of benzene rings is 1. The molecule has 0 spiro atoms. The first-order chi connectivity index (χ1) is 10.2. The van der Waals surface area contributed by atoms with Crippen LogP contribution in [-0.4, -0.2) is 27.5 Å². The maximum absolute atomic E-state index is 12.8. The Balaban J connectivity index is 2.39. The van der Waals surface area contributed by atoms with Crippen molar-refractivity contribution in [1.29, 1.82) is 0 Å². The summed E-state index contributed by atoms with van der Waals surface area (Å²) in [6.07, 6.45) is 2.11. The second-order valence-electron chi connectivity index (χ2n) is 6.78. The molecule has 1 aromatic carbocycles. The van der Waals surface area contributed by atoms with Gasteiger partial charge in [0.1, 0.15) is 0 Å². The van der Waals surface area contributed by atoms with Gasteiger partial charge < -0.3 is 5.11 Å². The first-order valence-electron chi connectivity index (χ1n) is 7.58.